The minimum atomic E-state index is -0.0952. The first-order valence-electron chi connectivity index (χ1n) is 31.5. The lowest BCUT2D eigenvalue weighted by atomic mass is 10.0. The van der Waals surface area contributed by atoms with Gasteiger partial charge >= 0.3 is 0 Å². The van der Waals surface area contributed by atoms with Crippen LogP contribution in [0.2, 0.25) is 0 Å². The smallest absolute Gasteiger partial charge is 0.255 e. The molecule has 0 aliphatic heterocycles. The molecule has 0 radical (unpaired) electrons. The highest BCUT2D eigenvalue weighted by molar-refractivity contribution is 6.00. The molecule has 0 atom stereocenters. The van der Waals surface area contributed by atoms with E-state index in [1.807, 2.05) is 0 Å². The van der Waals surface area contributed by atoms with Crippen LogP contribution in [-0.4, -0.2) is 31.5 Å². The molecule has 0 heterocycles. The van der Waals surface area contributed by atoms with Crippen molar-refractivity contribution in [2.24, 2.45) is 0 Å². The molecule has 0 bridgehead atoms. The standard InChI is InChI=1S/C64H120N2O3/c1-4-7-10-13-16-19-22-24-26-28-30-32-34-36-38-40-42-45-48-51-56-65-63(67)60-54-55-61(62(59-60)69-58-53-50-47-44-21-18-15-12-9-6-3)64(68)66-57-52-49-46-43-41-39-37-35-33-31-29-27-25-23-20-17-14-11-8-5-2/h54-55,59H,4-53,56-58H2,1-3H3,(H,65,67)(H,66,68). The zero-order valence-corrected chi connectivity index (χ0v) is 46.9. The zero-order valence-electron chi connectivity index (χ0n) is 46.9. The van der Waals surface area contributed by atoms with Gasteiger partial charge in [-0.2, -0.15) is 0 Å². The number of carbonyl (C=O) groups is 2. The van der Waals surface area contributed by atoms with Crippen LogP contribution in [0.15, 0.2) is 18.2 Å². The average Bonchev–Trinajstić information content (AvgIpc) is 3.36. The van der Waals surface area contributed by atoms with Crippen molar-refractivity contribution < 1.29 is 14.3 Å². The van der Waals surface area contributed by atoms with Gasteiger partial charge in [-0.1, -0.05) is 323 Å². The van der Waals surface area contributed by atoms with Crippen molar-refractivity contribution >= 4 is 11.8 Å². The highest BCUT2D eigenvalue weighted by atomic mass is 16.5. The van der Waals surface area contributed by atoms with Crippen molar-refractivity contribution in [1.82, 2.24) is 10.6 Å². The molecule has 2 N–H and O–H groups in total. The van der Waals surface area contributed by atoms with Gasteiger partial charge in [-0.3, -0.25) is 9.59 Å². The lowest BCUT2D eigenvalue weighted by Gasteiger charge is -2.14. The molecule has 0 aliphatic carbocycles. The maximum atomic E-state index is 13.4. The minimum Gasteiger partial charge on any atom is -0.493 e. The minimum absolute atomic E-state index is 0.0760. The first-order chi connectivity index (χ1) is 34.1. The van der Waals surface area contributed by atoms with E-state index in [1.165, 1.54) is 283 Å². The van der Waals surface area contributed by atoms with Crippen molar-refractivity contribution in [3.63, 3.8) is 0 Å². The van der Waals surface area contributed by atoms with Crippen molar-refractivity contribution in [3.05, 3.63) is 29.3 Å². The summed E-state index contributed by atoms with van der Waals surface area (Å²) >= 11 is 0. The first kappa shape index (κ1) is 65.0. The van der Waals surface area contributed by atoms with E-state index in [0.29, 0.717) is 36.6 Å². The third kappa shape index (κ3) is 44.4. The average molecular weight is 966 g/mol. The number of hydrogen-bond acceptors (Lipinski definition) is 3. The predicted octanol–water partition coefficient (Wildman–Crippen LogP) is 21.1. The molecular formula is C64H120N2O3. The SMILES string of the molecule is CCCCCCCCCCCCCCCCCCCCCCNC(=O)c1ccc(C(=O)NCCCCCCCCCCCCCCCCCCCCCC)c(OCCCCCCCCCCCC)c1. The van der Waals surface area contributed by atoms with Crippen LogP contribution >= 0.6 is 0 Å². The Morgan fingerprint density at radius 1 is 0.319 bits per heavy atom. The van der Waals surface area contributed by atoms with Gasteiger partial charge in [-0.05, 0) is 37.5 Å². The molecule has 0 saturated carbocycles. The molecular weight excluding hydrogens is 845 g/mol. The largest absolute Gasteiger partial charge is 0.493 e. The van der Waals surface area contributed by atoms with E-state index in [-0.39, 0.29) is 11.8 Å². The molecule has 404 valence electrons. The molecule has 5 nitrogen and oxygen atoms in total. The molecule has 0 aliphatic rings. The Balaban J connectivity index is 2.27. The predicted molar refractivity (Wildman–Crippen MR) is 304 cm³/mol. The second-order valence-corrected chi connectivity index (χ2v) is 21.7. The van der Waals surface area contributed by atoms with E-state index >= 15 is 0 Å². The monoisotopic (exact) mass is 965 g/mol. The summed E-state index contributed by atoms with van der Waals surface area (Å²) in [6.45, 7) is 8.81. The fraction of sp³-hybridized carbons (Fsp3) is 0.875. The summed E-state index contributed by atoms with van der Waals surface area (Å²) < 4.78 is 6.28. The summed E-state index contributed by atoms with van der Waals surface area (Å²) in [5.74, 6) is 0.369. The number of unbranched alkanes of at least 4 members (excludes halogenated alkanes) is 47. The summed E-state index contributed by atoms with van der Waals surface area (Å²) in [4.78, 5) is 26.7. The van der Waals surface area contributed by atoms with Crippen LogP contribution in [0, 0.1) is 0 Å². The number of ether oxygens (including phenoxy) is 1. The maximum absolute atomic E-state index is 13.4. The van der Waals surface area contributed by atoms with E-state index in [2.05, 4.69) is 31.4 Å². The molecule has 69 heavy (non-hydrogen) atoms. The van der Waals surface area contributed by atoms with Crippen LogP contribution in [0.25, 0.3) is 0 Å². The maximum Gasteiger partial charge on any atom is 0.255 e. The Kier molecular flexibility index (Phi) is 50.6. The highest BCUT2D eigenvalue weighted by Crippen LogP contribution is 2.23. The van der Waals surface area contributed by atoms with Crippen LogP contribution in [0.4, 0.5) is 0 Å². The van der Waals surface area contributed by atoms with E-state index in [4.69, 9.17) is 4.74 Å². The second kappa shape index (κ2) is 53.8. The summed E-state index contributed by atoms with van der Waals surface area (Å²) in [6, 6.07) is 5.40. The van der Waals surface area contributed by atoms with E-state index in [9.17, 15) is 9.59 Å². The zero-order chi connectivity index (χ0) is 49.6. The topological polar surface area (TPSA) is 67.4 Å². The molecule has 0 spiro atoms. The fourth-order valence-electron chi connectivity index (χ4n) is 10.1. The number of benzene rings is 1. The number of amides is 2. The van der Waals surface area contributed by atoms with Gasteiger partial charge in [0.15, 0.2) is 0 Å². The first-order valence-corrected chi connectivity index (χ1v) is 31.5. The second-order valence-electron chi connectivity index (χ2n) is 21.7. The summed E-state index contributed by atoms with van der Waals surface area (Å²) in [6.07, 6.45) is 67.4. The van der Waals surface area contributed by atoms with Crippen molar-refractivity contribution in [2.75, 3.05) is 19.7 Å². The number of carbonyl (C=O) groups excluding carboxylic acids is 2. The van der Waals surface area contributed by atoms with Crippen LogP contribution in [-0.2, 0) is 0 Å². The van der Waals surface area contributed by atoms with Crippen LogP contribution in [0.3, 0.4) is 0 Å². The Morgan fingerprint density at radius 3 is 0.855 bits per heavy atom. The molecule has 0 aromatic heterocycles. The lowest BCUT2D eigenvalue weighted by molar-refractivity contribution is 0.0937. The third-order valence-electron chi connectivity index (χ3n) is 14.9. The van der Waals surface area contributed by atoms with E-state index in [1.54, 1.807) is 18.2 Å². The summed E-state index contributed by atoms with van der Waals surface area (Å²) in [7, 11) is 0. The summed E-state index contributed by atoms with van der Waals surface area (Å²) in [5.41, 5.74) is 1.12. The van der Waals surface area contributed by atoms with Gasteiger partial charge in [0.2, 0.25) is 0 Å². The quantitative estimate of drug-likeness (QED) is 0.0639. The van der Waals surface area contributed by atoms with Crippen LogP contribution in [0.5, 0.6) is 5.75 Å². The number of hydrogen-bond donors (Lipinski definition) is 2. The van der Waals surface area contributed by atoms with Gasteiger partial charge in [0, 0.05) is 18.7 Å². The van der Waals surface area contributed by atoms with Gasteiger partial charge in [0.25, 0.3) is 11.8 Å². The van der Waals surface area contributed by atoms with E-state index < -0.39 is 0 Å². The summed E-state index contributed by atoms with van der Waals surface area (Å²) in [5, 5.41) is 6.30. The van der Waals surface area contributed by atoms with Crippen molar-refractivity contribution in [1.29, 1.82) is 0 Å². The Morgan fingerprint density at radius 2 is 0.565 bits per heavy atom. The van der Waals surface area contributed by atoms with Crippen LogP contribution < -0.4 is 15.4 Å². The molecule has 1 aromatic carbocycles. The number of rotatable bonds is 56. The molecule has 0 fully saturated rings. The lowest BCUT2D eigenvalue weighted by Crippen LogP contribution is -2.26. The third-order valence-corrected chi connectivity index (χ3v) is 14.9. The Hall–Kier alpha value is -2.04. The fourth-order valence-corrected chi connectivity index (χ4v) is 10.1. The van der Waals surface area contributed by atoms with Crippen molar-refractivity contribution in [2.45, 2.75) is 342 Å². The van der Waals surface area contributed by atoms with Gasteiger partial charge in [-0.25, -0.2) is 0 Å². The Labute approximate surface area is 431 Å². The molecule has 1 aromatic rings. The molecule has 2 amide bonds. The normalized spacial score (nSPS) is 11.4. The van der Waals surface area contributed by atoms with Gasteiger partial charge in [0.05, 0.1) is 12.2 Å². The Bertz CT molecular complexity index is 1220. The number of nitrogens with one attached hydrogen (secondary N) is 2. The van der Waals surface area contributed by atoms with Gasteiger partial charge in [-0.15, -0.1) is 0 Å². The van der Waals surface area contributed by atoms with Gasteiger partial charge in [0.1, 0.15) is 5.75 Å². The highest BCUT2D eigenvalue weighted by Gasteiger charge is 2.16. The molecule has 0 unspecified atom stereocenters. The van der Waals surface area contributed by atoms with E-state index in [0.717, 1.165) is 38.5 Å². The van der Waals surface area contributed by atoms with Crippen LogP contribution in [0.1, 0.15) is 363 Å². The van der Waals surface area contributed by atoms with Crippen molar-refractivity contribution in [3.8, 4) is 5.75 Å². The molecule has 0 saturated heterocycles. The molecule has 5 heteroatoms. The van der Waals surface area contributed by atoms with Gasteiger partial charge < -0.3 is 15.4 Å². The molecule has 1 rings (SSSR count).